The molecule has 0 unspecified atom stereocenters. The van der Waals surface area contributed by atoms with Crippen LogP contribution in [0, 0.1) is 19.8 Å². The molecule has 0 radical (unpaired) electrons. The Bertz CT molecular complexity index is 1310. The first-order valence-electron chi connectivity index (χ1n) is 12.6. The van der Waals surface area contributed by atoms with Crippen molar-refractivity contribution >= 4 is 22.8 Å². The molecule has 2 fully saturated rings. The quantitative estimate of drug-likeness (QED) is 0.467. The number of rotatable bonds is 7. The van der Waals surface area contributed by atoms with Crippen LogP contribution in [0.1, 0.15) is 54.7 Å². The SMILES string of the molecule is Cc1ccc(OCC2CC2)c(-c2ncnc3c(C(=O)N[C@@H]4C[C@@H](C)N(C(=O)[C@H](C)O)C4)c(C)[nH]c23)c1. The highest BCUT2D eigenvalue weighted by atomic mass is 16.5. The van der Waals surface area contributed by atoms with Gasteiger partial charge in [0.1, 0.15) is 29.4 Å². The molecule has 1 aliphatic carbocycles. The molecule has 1 aliphatic heterocycles. The number of hydrogen-bond donors (Lipinski definition) is 3. The summed E-state index contributed by atoms with van der Waals surface area (Å²) < 4.78 is 6.15. The van der Waals surface area contributed by atoms with Gasteiger partial charge < -0.3 is 25.0 Å². The molecule has 1 saturated heterocycles. The van der Waals surface area contributed by atoms with Crippen molar-refractivity contribution in [2.24, 2.45) is 5.92 Å². The van der Waals surface area contributed by atoms with Gasteiger partial charge in [0.15, 0.2) is 0 Å². The minimum absolute atomic E-state index is 0.0641. The normalized spacial score (nSPS) is 20.5. The molecule has 190 valence electrons. The van der Waals surface area contributed by atoms with Crippen molar-refractivity contribution in [3.63, 3.8) is 0 Å². The summed E-state index contributed by atoms with van der Waals surface area (Å²) in [6.45, 7) is 8.32. The molecule has 2 aliphatic rings. The number of amides is 2. The maximum Gasteiger partial charge on any atom is 0.255 e. The number of fused-ring (bicyclic) bond motifs is 1. The van der Waals surface area contributed by atoms with Crippen LogP contribution in [0.2, 0.25) is 0 Å². The maximum absolute atomic E-state index is 13.4. The van der Waals surface area contributed by atoms with E-state index in [-0.39, 0.29) is 23.9 Å². The Morgan fingerprint density at radius 2 is 2.06 bits per heavy atom. The van der Waals surface area contributed by atoms with Crippen LogP contribution < -0.4 is 10.1 Å². The number of aromatic nitrogens is 3. The highest BCUT2D eigenvalue weighted by molar-refractivity contribution is 6.09. The number of aliphatic hydroxyl groups is 1. The van der Waals surface area contributed by atoms with Crippen LogP contribution >= 0.6 is 0 Å². The summed E-state index contributed by atoms with van der Waals surface area (Å²) in [6, 6.07) is 5.78. The van der Waals surface area contributed by atoms with Gasteiger partial charge in [0.05, 0.1) is 17.7 Å². The number of nitrogens with zero attached hydrogens (tertiary/aromatic N) is 3. The van der Waals surface area contributed by atoms with Gasteiger partial charge in [0.2, 0.25) is 0 Å². The molecule has 1 aromatic carbocycles. The molecule has 0 spiro atoms. The summed E-state index contributed by atoms with van der Waals surface area (Å²) in [4.78, 5) is 39.7. The van der Waals surface area contributed by atoms with Crippen LogP contribution in [-0.2, 0) is 4.79 Å². The second-order valence-electron chi connectivity index (χ2n) is 10.2. The molecule has 36 heavy (non-hydrogen) atoms. The Kier molecular flexibility index (Phi) is 6.42. The number of aromatic amines is 1. The molecule has 2 amide bonds. The number of hydrogen-bond acceptors (Lipinski definition) is 6. The Hall–Kier alpha value is -3.46. The summed E-state index contributed by atoms with van der Waals surface area (Å²) in [5.41, 5.74) is 5.05. The van der Waals surface area contributed by atoms with Gasteiger partial charge in [0.25, 0.3) is 11.8 Å². The Morgan fingerprint density at radius 3 is 2.78 bits per heavy atom. The van der Waals surface area contributed by atoms with E-state index in [1.807, 2.05) is 39.0 Å². The van der Waals surface area contributed by atoms with Crippen molar-refractivity contribution in [1.82, 2.24) is 25.2 Å². The van der Waals surface area contributed by atoms with Crippen LogP contribution in [0.5, 0.6) is 5.75 Å². The summed E-state index contributed by atoms with van der Waals surface area (Å²) in [5, 5.41) is 12.8. The van der Waals surface area contributed by atoms with Crippen molar-refractivity contribution in [3.8, 4) is 17.0 Å². The molecule has 9 nitrogen and oxygen atoms in total. The number of benzene rings is 1. The first kappa shape index (κ1) is 24.2. The van der Waals surface area contributed by atoms with E-state index < -0.39 is 6.10 Å². The molecular formula is C27H33N5O4. The number of aliphatic hydroxyl groups excluding tert-OH is 1. The van der Waals surface area contributed by atoms with Crippen molar-refractivity contribution in [2.75, 3.05) is 13.2 Å². The Morgan fingerprint density at radius 1 is 1.28 bits per heavy atom. The third-order valence-electron chi connectivity index (χ3n) is 7.11. The third-order valence-corrected chi connectivity index (χ3v) is 7.11. The van der Waals surface area contributed by atoms with Gasteiger partial charge in [-0.3, -0.25) is 9.59 Å². The second kappa shape index (κ2) is 9.54. The average molecular weight is 492 g/mol. The second-order valence-corrected chi connectivity index (χ2v) is 10.2. The molecule has 3 atom stereocenters. The standard InChI is InChI=1S/C27H33N5O4/c1-14-5-8-21(36-12-18-6-7-18)20(9-14)23-25-24(29-13-28-23)22(16(3)30-25)26(34)31-19-10-15(2)32(11-19)27(35)17(4)33/h5,8-9,13,15,17-19,30,33H,6-7,10-12H2,1-4H3,(H,31,34)/t15-,17+,19-/m1/s1. The highest BCUT2D eigenvalue weighted by Crippen LogP contribution is 2.37. The topological polar surface area (TPSA) is 120 Å². The number of likely N-dealkylation sites (tertiary alicyclic amines) is 1. The third kappa shape index (κ3) is 4.67. The number of carbonyl (C=O) groups is 2. The van der Waals surface area contributed by atoms with E-state index in [0.29, 0.717) is 53.5 Å². The zero-order chi connectivity index (χ0) is 25.6. The molecule has 3 heterocycles. The average Bonchev–Trinajstić information content (AvgIpc) is 3.50. The number of carbonyl (C=O) groups excluding carboxylic acids is 2. The van der Waals surface area contributed by atoms with Gasteiger partial charge in [-0.1, -0.05) is 11.6 Å². The number of ether oxygens (including phenoxy) is 1. The summed E-state index contributed by atoms with van der Waals surface area (Å²) in [7, 11) is 0. The van der Waals surface area contributed by atoms with E-state index >= 15 is 0 Å². The van der Waals surface area contributed by atoms with Crippen molar-refractivity contribution in [2.45, 2.75) is 65.1 Å². The van der Waals surface area contributed by atoms with E-state index in [1.54, 1.807) is 4.90 Å². The van der Waals surface area contributed by atoms with E-state index in [1.165, 1.54) is 26.1 Å². The summed E-state index contributed by atoms with van der Waals surface area (Å²) >= 11 is 0. The first-order valence-corrected chi connectivity index (χ1v) is 12.6. The monoisotopic (exact) mass is 491 g/mol. The van der Waals surface area contributed by atoms with Gasteiger partial charge in [0, 0.05) is 29.9 Å². The lowest BCUT2D eigenvalue weighted by atomic mass is 10.1. The maximum atomic E-state index is 13.4. The lowest BCUT2D eigenvalue weighted by Gasteiger charge is -2.22. The van der Waals surface area contributed by atoms with Crippen LogP contribution in [0.4, 0.5) is 0 Å². The molecule has 9 heteroatoms. The molecule has 5 rings (SSSR count). The van der Waals surface area contributed by atoms with Crippen molar-refractivity contribution < 1.29 is 19.4 Å². The first-order chi connectivity index (χ1) is 17.2. The van der Waals surface area contributed by atoms with Crippen LogP contribution in [0.15, 0.2) is 24.5 Å². The smallest absolute Gasteiger partial charge is 0.255 e. The molecular weight excluding hydrogens is 458 g/mol. The predicted molar refractivity (Wildman–Crippen MR) is 136 cm³/mol. The van der Waals surface area contributed by atoms with Crippen LogP contribution in [-0.4, -0.2) is 68.1 Å². The largest absolute Gasteiger partial charge is 0.493 e. The summed E-state index contributed by atoms with van der Waals surface area (Å²) in [5.74, 6) is 0.824. The number of H-pyrrole nitrogens is 1. The fraction of sp³-hybridized carbons (Fsp3) is 0.481. The van der Waals surface area contributed by atoms with E-state index in [9.17, 15) is 14.7 Å². The number of aryl methyl sites for hydroxylation is 2. The fourth-order valence-corrected chi connectivity index (χ4v) is 4.99. The predicted octanol–water partition coefficient (Wildman–Crippen LogP) is 3.13. The van der Waals surface area contributed by atoms with E-state index in [0.717, 1.165) is 16.9 Å². The van der Waals surface area contributed by atoms with Gasteiger partial charge >= 0.3 is 0 Å². The minimum atomic E-state index is -1.06. The minimum Gasteiger partial charge on any atom is -0.493 e. The molecule has 1 saturated carbocycles. The molecule has 0 bridgehead atoms. The summed E-state index contributed by atoms with van der Waals surface area (Å²) in [6.07, 6.45) is 3.45. The van der Waals surface area contributed by atoms with Crippen LogP contribution in [0.3, 0.4) is 0 Å². The molecule has 3 aromatic rings. The molecule has 3 N–H and O–H groups in total. The van der Waals surface area contributed by atoms with Gasteiger partial charge in [-0.25, -0.2) is 9.97 Å². The van der Waals surface area contributed by atoms with E-state index in [2.05, 4.69) is 20.3 Å². The van der Waals surface area contributed by atoms with E-state index in [4.69, 9.17) is 4.74 Å². The van der Waals surface area contributed by atoms with Gasteiger partial charge in [-0.15, -0.1) is 0 Å². The van der Waals surface area contributed by atoms with Gasteiger partial charge in [-0.2, -0.15) is 0 Å². The van der Waals surface area contributed by atoms with Gasteiger partial charge in [-0.05, 0) is 65.0 Å². The zero-order valence-corrected chi connectivity index (χ0v) is 21.2. The lowest BCUT2D eigenvalue weighted by Crippen LogP contribution is -2.42. The lowest BCUT2D eigenvalue weighted by molar-refractivity contribution is -0.139. The Labute approximate surface area is 210 Å². The fourth-order valence-electron chi connectivity index (χ4n) is 4.99. The van der Waals surface area contributed by atoms with Crippen molar-refractivity contribution in [1.29, 1.82) is 0 Å². The molecule has 2 aromatic heterocycles. The Balaban J connectivity index is 1.43. The van der Waals surface area contributed by atoms with Crippen molar-refractivity contribution in [3.05, 3.63) is 41.3 Å². The van der Waals surface area contributed by atoms with Crippen LogP contribution in [0.25, 0.3) is 22.3 Å². The number of nitrogens with one attached hydrogen (secondary N) is 2. The highest BCUT2D eigenvalue weighted by Gasteiger charge is 2.35. The zero-order valence-electron chi connectivity index (χ0n) is 21.2.